The second-order valence-corrected chi connectivity index (χ2v) is 6.25. The van der Waals surface area contributed by atoms with Crippen molar-refractivity contribution in [2.75, 3.05) is 33.3 Å². The van der Waals surface area contributed by atoms with Gasteiger partial charge in [0.25, 0.3) is 6.43 Å². The van der Waals surface area contributed by atoms with Crippen molar-refractivity contribution in [3.63, 3.8) is 0 Å². The summed E-state index contributed by atoms with van der Waals surface area (Å²) in [6, 6.07) is 13.9. The zero-order valence-electron chi connectivity index (χ0n) is 14.8. The Morgan fingerprint density at radius 2 is 1.77 bits per heavy atom. The quantitative estimate of drug-likeness (QED) is 0.818. The van der Waals surface area contributed by atoms with Crippen LogP contribution in [0.3, 0.4) is 0 Å². The summed E-state index contributed by atoms with van der Waals surface area (Å²) in [4.78, 5) is 1.82. The molecule has 0 bridgehead atoms. The molecule has 26 heavy (non-hydrogen) atoms. The van der Waals surface area contributed by atoms with Crippen LogP contribution < -0.4 is 14.8 Å². The maximum absolute atomic E-state index is 13.8. The highest BCUT2D eigenvalue weighted by Crippen LogP contribution is 2.35. The standard InChI is InChI=1S/C20H24F2N2O2/c1-25-17-8-7-16(19(20(21)22)24-11-9-23-10-12-24)13-18(17)26-14-15-5-3-2-4-6-15/h2-8,13,19-20,23H,9-12,14H2,1H3/t19-/m1/s1. The summed E-state index contributed by atoms with van der Waals surface area (Å²) in [6.45, 7) is 2.99. The van der Waals surface area contributed by atoms with E-state index in [4.69, 9.17) is 9.47 Å². The molecule has 2 aromatic carbocycles. The molecule has 0 amide bonds. The van der Waals surface area contributed by atoms with Gasteiger partial charge in [-0.15, -0.1) is 0 Å². The van der Waals surface area contributed by atoms with Gasteiger partial charge in [-0.2, -0.15) is 0 Å². The molecule has 140 valence electrons. The van der Waals surface area contributed by atoms with Crippen LogP contribution in [0.2, 0.25) is 0 Å². The van der Waals surface area contributed by atoms with Crippen molar-refractivity contribution in [3.8, 4) is 11.5 Å². The van der Waals surface area contributed by atoms with Gasteiger partial charge in [0.15, 0.2) is 11.5 Å². The van der Waals surface area contributed by atoms with Gasteiger partial charge >= 0.3 is 0 Å². The van der Waals surface area contributed by atoms with Crippen LogP contribution in [0.25, 0.3) is 0 Å². The smallest absolute Gasteiger partial charge is 0.258 e. The Morgan fingerprint density at radius 3 is 2.42 bits per heavy atom. The van der Waals surface area contributed by atoms with Crippen LogP contribution in [0.15, 0.2) is 48.5 Å². The molecule has 6 heteroatoms. The van der Waals surface area contributed by atoms with Crippen molar-refractivity contribution in [1.29, 1.82) is 0 Å². The molecule has 1 heterocycles. The number of hydrogen-bond donors (Lipinski definition) is 1. The Hall–Kier alpha value is -2.18. The van der Waals surface area contributed by atoms with E-state index in [9.17, 15) is 8.78 Å². The monoisotopic (exact) mass is 362 g/mol. The number of nitrogens with one attached hydrogen (secondary N) is 1. The highest BCUT2D eigenvalue weighted by molar-refractivity contribution is 5.44. The summed E-state index contributed by atoms with van der Waals surface area (Å²) < 4.78 is 38.8. The predicted octanol–water partition coefficient (Wildman–Crippen LogP) is 3.49. The average Bonchev–Trinajstić information content (AvgIpc) is 2.68. The maximum atomic E-state index is 13.8. The molecule has 1 atom stereocenters. The van der Waals surface area contributed by atoms with Crippen LogP contribution in [0.4, 0.5) is 8.78 Å². The van der Waals surface area contributed by atoms with Gasteiger partial charge in [0.2, 0.25) is 0 Å². The average molecular weight is 362 g/mol. The maximum Gasteiger partial charge on any atom is 0.258 e. The Balaban J connectivity index is 1.82. The van der Waals surface area contributed by atoms with E-state index >= 15 is 0 Å². The zero-order chi connectivity index (χ0) is 18.4. The summed E-state index contributed by atoms with van der Waals surface area (Å²) >= 11 is 0. The third-order valence-electron chi connectivity index (χ3n) is 4.55. The Bertz CT molecular complexity index is 691. The molecular formula is C20H24F2N2O2. The van der Waals surface area contributed by atoms with Crippen LogP contribution in [0.5, 0.6) is 11.5 Å². The van der Waals surface area contributed by atoms with Gasteiger partial charge in [0, 0.05) is 26.2 Å². The van der Waals surface area contributed by atoms with Gasteiger partial charge in [-0.25, -0.2) is 8.78 Å². The van der Waals surface area contributed by atoms with Gasteiger partial charge < -0.3 is 14.8 Å². The molecule has 0 saturated carbocycles. The number of benzene rings is 2. The van der Waals surface area contributed by atoms with E-state index in [1.54, 1.807) is 25.3 Å². The number of hydrogen-bond acceptors (Lipinski definition) is 4. The Kier molecular flexibility index (Phi) is 6.41. The van der Waals surface area contributed by atoms with E-state index in [0.29, 0.717) is 36.8 Å². The second-order valence-electron chi connectivity index (χ2n) is 6.25. The van der Waals surface area contributed by atoms with E-state index < -0.39 is 12.5 Å². The summed E-state index contributed by atoms with van der Waals surface area (Å²) in [5.74, 6) is 1.02. The molecule has 1 aliphatic rings. The minimum absolute atomic E-state index is 0.355. The Labute approximate surface area is 152 Å². The van der Waals surface area contributed by atoms with Crippen molar-refractivity contribution in [1.82, 2.24) is 10.2 Å². The normalized spacial score (nSPS) is 16.5. The number of halogens is 2. The van der Waals surface area contributed by atoms with E-state index in [2.05, 4.69) is 5.32 Å². The largest absolute Gasteiger partial charge is 0.493 e. The number of nitrogens with zero attached hydrogens (tertiary/aromatic N) is 1. The van der Waals surface area contributed by atoms with Crippen molar-refractivity contribution < 1.29 is 18.3 Å². The molecule has 2 aromatic rings. The first-order chi connectivity index (χ1) is 12.7. The van der Waals surface area contributed by atoms with Crippen molar-refractivity contribution in [2.24, 2.45) is 0 Å². The summed E-state index contributed by atoms with van der Waals surface area (Å²) in [7, 11) is 1.55. The van der Waals surface area contributed by atoms with Crippen LogP contribution in [-0.4, -0.2) is 44.6 Å². The first-order valence-electron chi connectivity index (χ1n) is 8.76. The fourth-order valence-corrected chi connectivity index (χ4v) is 3.20. The first-order valence-corrected chi connectivity index (χ1v) is 8.76. The molecule has 0 radical (unpaired) electrons. The summed E-state index contributed by atoms with van der Waals surface area (Å²) in [5.41, 5.74) is 1.55. The van der Waals surface area contributed by atoms with Crippen molar-refractivity contribution in [2.45, 2.75) is 19.1 Å². The van der Waals surface area contributed by atoms with E-state index in [0.717, 1.165) is 18.7 Å². The fourth-order valence-electron chi connectivity index (χ4n) is 3.20. The van der Waals surface area contributed by atoms with Gasteiger partial charge in [-0.3, -0.25) is 4.90 Å². The van der Waals surface area contributed by atoms with Crippen LogP contribution in [-0.2, 0) is 6.61 Å². The molecule has 3 rings (SSSR count). The van der Waals surface area contributed by atoms with E-state index in [1.807, 2.05) is 35.2 Å². The lowest BCUT2D eigenvalue weighted by Crippen LogP contribution is -2.46. The Morgan fingerprint density at radius 1 is 1.04 bits per heavy atom. The molecule has 1 saturated heterocycles. The number of ether oxygens (including phenoxy) is 2. The molecule has 1 N–H and O–H groups in total. The first kappa shape index (κ1) is 18.6. The van der Waals surface area contributed by atoms with Gasteiger partial charge in [0.1, 0.15) is 6.61 Å². The van der Waals surface area contributed by atoms with Crippen LogP contribution >= 0.6 is 0 Å². The second kappa shape index (κ2) is 8.96. The lowest BCUT2D eigenvalue weighted by atomic mass is 10.0. The van der Waals surface area contributed by atoms with Crippen LogP contribution in [0, 0.1) is 0 Å². The zero-order valence-corrected chi connectivity index (χ0v) is 14.8. The fraction of sp³-hybridized carbons (Fsp3) is 0.400. The molecule has 0 spiro atoms. The lowest BCUT2D eigenvalue weighted by Gasteiger charge is -2.34. The SMILES string of the molecule is COc1ccc([C@H](C(F)F)N2CCNCC2)cc1OCc1ccccc1. The third kappa shape index (κ3) is 4.51. The third-order valence-corrected chi connectivity index (χ3v) is 4.55. The van der Waals surface area contributed by atoms with Gasteiger partial charge in [-0.05, 0) is 23.3 Å². The molecule has 1 aliphatic heterocycles. The molecule has 0 aliphatic carbocycles. The van der Waals surface area contributed by atoms with Gasteiger partial charge in [0.05, 0.1) is 13.2 Å². The van der Waals surface area contributed by atoms with Gasteiger partial charge in [-0.1, -0.05) is 36.4 Å². The minimum Gasteiger partial charge on any atom is -0.493 e. The molecule has 0 unspecified atom stereocenters. The molecule has 1 fully saturated rings. The van der Waals surface area contributed by atoms with E-state index in [-0.39, 0.29) is 0 Å². The number of alkyl halides is 2. The summed E-state index contributed by atoms with van der Waals surface area (Å²) in [5, 5.41) is 3.20. The van der Waals surface area contributed by atoms with Crippen LogP contribution in [0.1, 0.15) is 17.2 Å². The molecular weight excluding hydrogens is 338 g/mol. The highest BCUT2D eigenvalue weighted by atomic mass is 19.3. The van der Waals surface area contributed by atoms with E-state index in [1.165, 1.54) is 0 Å². The number of methoxy groups -OCH3 is 1. The lowest BCUT2D eigenvalue weighted by molar-refractivity contribution is 0.0180. The molecule has 4 nitrogen and oxygen atoms in total. The van der Waals surface area contributed by atoms with Crippen molar-refractivity contribution in [3.05, 3.63) is 59.7 Å². The molecule has 0 aromatic heterocycles. The topological polar surface area (TPSA) is 33.7 Å². The number of piperazine rings is 1. The summed E-state index contributed by atoms with van der Waals surface area (Å²) in [6.07, 6.45) is -2.47. The van der Waals surface area contributed by atoms with Crippen molar-refractivity contribution >= 4 is 0 Å². The minimum atomic E-state index is -2.47. The highest BCUT2D eigenvalue weighted by Gasteiger charge is 2.30. The predicted molar refractivity (Wildman–Crippen MR) is 97.0 cm³/mol. The number of rotatable bonds is 7.